The van der Waals surface area contributed by atoms with Gasteiger partial charge in [-0.3, -0.25) is 0 Å². The van der Waals surface area contributed by atoms with Crippen LogP contribution in [0.1, 0.15) is 37.8 Å². The minimum absolute atomic E-state index is 0.224. The number of fused-ring (bicyclic) bond motifs is 6. The predicted molar refractivity (Wildman–Crippen MR) is 133 cm³/mol. The van der Waals surface area contributed by atoms with Crippen LogP contribution in [0.2, 0.25) is 0 Å². The molecule has 11 nitrogen and oxygen atoms in total. The van der Waals surface area contributed by atoms with Crippen LogP contribution in [0.15, 0.2) is 40.9 Å². The van der Waals surface area contributed by atoms with Crippen molar-refractivity contribution in [3.05, 3.63) is 40.9 Å². The van der Waals surface area contributed by atoms with Gasteiger partial charge in [0.2, 0.25) is 0 Å². The first-order chi connectivity index (χ1) is 17.7. The van der Waals surface area contributed by atoms with Gasteiger partial charge in [0, 0.05) is 0 Å². The topological polar surface area (TPSA) is 132 Å². The zero-order valence-corrected chi connectivity index (χ0v) is 21.0. The molecule has 2 atom stereocenters. The summed E-state index contributed by atoms with van der Waals surface area (Å²) in [5.74, 6) is 4.39. The molecule has 0 amide bonds. The standard InChI is InChI=1S/C12H11BrN4O.C12H13N5O/c2*13-9-3-1-2-8-11(9)18-6-10(7-4-5-7)17-12(8)14-15-16-17/h1-3,7,10H,4-6H2;1-3,7,10H,4-6,13H2/t2*10-/m00/s1. The van der Waals surface area contributed by atoms with Gasteiger partial charge in [-0.2, -0.15) is 0 Å². The van der Waals surface area contributed by atoms with Crippen molar-refractivity contribution in [2.24, 2.45) is 11.8 Å². The van der Waals surface area contributed by atoms with E-state index in [1.54, 1.807) is 0 Å². The number of benzene rings is 2. The fourth-order valence-corrected chi connectivity index (χ4v) is 5.51. The molecule has 2 saturated carbocycles. The first-order valence-electron chi connectivity index (χ1n) is 12.2. The van der Waals surface area contributed by atoms with Gasteiger partial charge in [0.1, 0.15) is 19.0 Å². The zero-order chi connectivity index (χ0) is 24.2. The molecule has 2 aliphatic heterocycles. The summed E-state index contributed by atoms with van der Waals surface area (Å²) in [6, 6.07) is 12.1. The minimum atomic E-state index is 0.224. The maximum absolute atomic E-state index is 5.97. The Balaban J connectivity index is 0.000000122. The largest absolute Gasteiger partial charge is 0.489 e. The Labute approximate surface area is 215 Å². The van der Waals surface area contributed by atoms with E-state index >= 15 is 0 Å². The van der Waals surface area contributed by atoms with Gasteiger partial charge in [0.25, 0.3) is 0 Å². The van der Waals surface area contributed by atoms with Gasteiger partial charge in [-0.1, -0.05) is 12.1 Å². The Kier molecular flexibility index (Phi) is 5.15. The van der Waals surface area contributed by atoms with Crippen molar-refractivity contribution in [3.63, 3.8) is 0 Å². The van der Waals surface area contributed by atoms with Crippen LogP contribution in [0.25, 0.3) is 22.8 Å². The molecule has 2 fully saturated rings. The molecule has 8 rings (SSSR count). The summed E-state index contributed by atoms with van der Waals surface area (Å²) < 4.78 is 16.6. The fourth-order valence-electron chi connectivity index (χ4n) is 5.02. The van der Waals surface area contributed by atoms with Gasteiger partial charge in [-0.15, -0.1) is 10.2 Å². The number of aromatic nitrogens is 8. The minimum Gasteiger partial charge on any atom is -0.489 e. The van der Waals surface area contributed by atoms with Crippen molar-refractivity contribution in [1.29, 1.82) is 0 Å². The molecule has 0 saturated heterocycles. The SMILES string of the molecule is Brc1cccc2c1OC[C@@H](C1CC1)n1nnnc1-2.Nc1cccc2c1OC[C@@H](C1CC1)n1nnnc1-2. The molecule has 2 aromatic carbocycles. The molecule has 0 spiro atoms. The van der Waals surface area contributed by atoms with Crippen molar-refractivity contribution in [2.75, 3.05) is 18.9 Å². The van der Waals surface area contributed by atoms with Crippen LogP contribution < -0.4 is 15.2 Å². The van der Waals surface area contributed by atoms with E-state index in [0.717, 1.165) is 33.0 Å². The number of ether oxygens (including phenoxy) is 2. The van der Waals surface area contributed by atoms with Crippen LogP contribution in [-0.4, -0.2) is 53.6 Å². The van der Waals surface area contributed by atoms with Crippen LogP contribution in [0, 0.1) is 11.8 Å². The van der Waals surface area contributed by atoms with E-state index < -0.39 is 0 Å². The lowest BCUT2D eigenvalue weighted by atomic mass is 10.1. The maximum atomic E-state index is 5.97. The Hall–Kier alpha value is -3.54. The highest BCUT2D eigenvalue weighted by molar-refractivity contribution is 9.10. The number of nitrogens with two attached hydrogens (primary N) is 1. The van der Waals surface area contributed by atoms with Gasteiger partial charge >= 0.3 is 0 Å². The lowest BCUT2D eigenvalue weighted by Crippen LogP contribution is -2.19. The highest BCUT2D eigenvalue weighted by Crippen LogP contribution is 2.46. The van der Waals surface area contributed by atoms with Gasteiger partial charge in [0.05, 0.1) is 33.4 Å². The van der Waals surface area contributed by atoms with E-state index in [2.05, 4.69) is 47.0 Å². The molecule has 2 N–H and O–H groups in total. The molecule has 12 heteroatoms. The molecule has 4 aliphatic rings. The Morgan fingerprint density at radius 1 is 0.750 bits per heavy atom. The maximum Gasteiger partial charge on any atom is 0.186 e. The molecule has 2 aromatic heterocycles. The molecule has 2 aliphatic carbocycles. The lowest BCUT2D eigenvalue weighted by molar-refractivity contribution is 0.228. The van der Waals surface area contributed by atoms with Crippen molar-refractivity contribution in [2.45, 2.75) is 37.8 Å². The number of hydrogen-bond acceptors (Lipinski definition) is 9. The molecule has 4 aromatic rings. The molecular formula is C24H24BrN9O2. The zero-order valence-electron chi connectivity index (χ0n) is 19.4. The average molecular weight is 550 g/mol. The van der Waals surface area contributed by atoms with Crippen LogP contribution in [-0.2, 0) is 0 Å². The van der Waals surface area contributed by atoms with Crippen molar-refractivity contribution < 1.29 is 9.47 Å². The first kappa shape index (κ1) is 21.7. The van der Waals surface area contributed by atoms with Crippen molar-refractivity contribution in [1.82, 2.24) is 40.4 Å². The second kappa shape index (κ2) is 8.54. The molecule has 0 radical (unpaired) electrons. The highest BCUT2D eigenvalue weighted by atomic mass is 79.9. The third-order valence-electron chi connectivity index (χ3n) is 7.24. The predicted octanol–water partition coefficient (Wildman–Crippen LogP) is 3.71. The number of nitrogens with zero attached hydrogens (tertiary/aromatic N) is 8. The van der Waals surface area contributed by atoms with Gasteiger partial charge < -0.3 is 15.2 Å². The summed E-state index contributed by atoms with van der Waals surface area (Å²) in [4.78, 5) is 0. The number of tetrazole rings is 2. The molecule has 184 valence electrons. The summed E-state index contributed by atoms with van der Waals surface area (Å²) in [7, 11) is 0. The number of hydrogen-bond donors (Lipinski definition) is 1. The Morgan fingerprint density at radius 3 is 1.86 bits per heavy atom. The van der Waals surface area contributed by atoms with Crippen molar-refractivity contribution >= 4 is 21.6 Å². The van der Waals surface area contributed by atoms with Gasteiger partial charge in [-0.05, 0) is 98.6 Å². The van der Waals surface area contributed by atoms with E-state index in [9.17, 15) is 0 Å². The van der Waals surface area contributed by atoms with Crippen LogP contribution in [0.5, 0.6) is 11.5 Å². The van der Waals surface area contributed by atoms with Crippen molar-refractivity contribution in [3.8, 4) is 34.3 Å². The van der Waals surface area contributed by atoms with Crippen LogP contribution in [0.3, 0.4) is 0 Å². The number of rotatable bonds is 2. The summed E-state index contributed by atoms with van der Waals surface area (Å²) >= 11 is 3.53. The van der Waals surface area contributed by atoms with E-state index in [0.29, 0.717) is 36.5 Å². The second-order valence-corrected chi connectivity index (χ2v) is 10.5. The normalized spacial score (nSPS) is 21.7. The van der Waals surface area contributed by atoms with Crippen LogP contribution >= 0.6 is 15.9 Å². The molecule has 0 unspecified atom stereocenters. The summed E-state index contributed by atoms with van der Waals surface area (Å²) in [6.45, 7) is 1.22. The smallest absolute Gasteiger partial charge is 0.186 e. The monoisotopic (exact) mass is 549 g/mol. The molecule has 4 heterocycles. The third kappa shape index (κ3) is 3.71. The fraction of sp³-hybridized carbons (Fsp3) is 0.417. The Bertz CT molecular complexity index is 1320. The average Bonchev–Trinajstić information content (AvgIpc) is 3.81. The van der Waals surface area contributed by atoms with E-state index in [4.69, 9.17) is 15.2 Å². The summed E-state index contributed by atoms with van der Waals surface area (Å²) in [5.41, 5.74) is 8.44. The lowest BCUT2D eigenvalue weighted by Gasteiger charge is -2.14. The van der Waals surface area contributed by atoms with Gasteiger partial charge in [-0.25, -0.2) is 9.36 Å². The van der Waals surface area contributed by atoms with Crippen LogP contribution in [0.4, 0.5) is 5.69 Å². The highest BCUT2D eigenvalue weighted by Gasteiger charge is 2.39. The first-order valence-corrected chi connectivity index (χ1v) is 13.0. The number of nitrogen functional groups attached to an aromatic ring is 1. The Morgan fingerprint density at radius 2 is 1.28 bits per heavy atom. The number of para-hydroxylation sites is 2. The molecule has 0 bridgehead atoms. The second-order valence-electron chi connectivity index (χ2n) is 9.67. The van der Waals surface area contributed by atoms with E-state index in [1.807, 2.05) is 45.8 Å². The van der Waals surface area contributed by atoms with E-state index in [-0.39, 0.29) is 12.1 Å². The quantitative estimate of drug-likeness (QED) is 0.371. The third-order valence-corrected chi connectivity index (χ3v) is 7.86. The number of halogens is 1. The molecular weight excluding hydrogens is 526 g/mol. The number of anilines is 1. The summed E-state index contributed by atoms with van der Waals surface area (Å²) in [5, 5.41) is 24.2. The molecule has 36 heavy (non-hydrogen) atoms. The summed E-state index contributed by atoms with van der Waals surface area (Å²) in [6.07, 6.45) is 4.92. The van der Waals surface area contributed by atoms with E-state index in [1.165, 1.54) is 25.7 Å². The van der Waals surface area contributed by atoms with Gasteiger partial charge in [0.15, 0.2) is 17.4 Å².